The Labute approximate surface area is 212 Å². The van der Waals surface area contributed by atoms with Gasteiger partial charge in [0.05, 0.1) is 17.7 Å². The van der Waals surface area contributed by atoms with E-state index >= 15 is 0 Å². The van der Waals surface area contributed by atoms with Gasteiger partial charge in [-0.15, -0.1) is 0 Å². The normalized spacial score (nSPS) is 15.4. The van der Waals surface area contributed by atoms with Crippen molar-refractivity contribution in [2.24, 2.45) is 10.6 Å². The fourth-order valence-electron chi connectivity index (χ4n) is 4.09. The maximum Gasteiger partial charge on any atom is 0.240 e. The number of methoxy groups -OCH3 is 1. The second-order valence-electron chi connectivity index (χ2n) is 9.74. The van der Waals surface area contributed by atoms with Crippen LogP contribution in [0.25, 0.3) is 11.1 Å². The lowest BCUT2D eigenvalue weighted by molar-refractivity contribution is 0.287. The van der Waals surface area contributed by atoms with Gasteiger partial charge in [-0.25, -0.2) is 17.5 Å². The predicted molar refractivity (Wildman–Crippen MR) is 139 cm³/mol. The number of oxime groups is 1. The molecule has 36 heavy (non-hydrogen) atoms. The molecule has 1 aliphatic rings. The largest absolute Gasteiger partial charge is 0.497 e. The summed E-state index contributed by atoms with van der Waals surface area (Å²) in [6.07, 6.45) is 3.98. The Morgan fingerprint density at radius 2 is 1.58 bits per heavy atom. The van der Waals surface area contributed by atoms with Crippen molar-refractivity contribution >= 4 is 15.7 Å². The van der Waals surface area contributed by atoms with Gasteiger partial charge in [-0.1, -0.05) is 37.2 Å². The average molecular weight is 511 g/mol. The van der Waals surface area contributed by atoms with Crippen molar-refractivity contribution in [3.05, 3.63) is 78.1 Å². The van der Waals surface area contributed by atoms with E-state index in [-0.39, 0.29) is 17.3 Å². The zero-order chi connectivity index (χ0) is 25.8. The highest BCUT2D eigenvalue weighted by atomic mass is 32.2. The molecule has 1 aliphatic carbocycles. The van der Waals surface area contributed by atoms with Gasteiger partial charge in [0.1, 0.15) is 11.6 Å². The second-order valence-corrected chi connectivity index (χ2v) is 11.5. The Morgan fingerprint density at radius 3 is 2.22 bits per heavy atom. The van der Waals surface area contributed by atoms with Gasteiger partial charge < -0.3 is 9.57 Å². The molecule has 0 aliphatic heterocycles. The van der Waals surface area contributed by atoms with E-state index in [9.17, 15) is 12.8 Å². The maximum atomic E-state index is 13.4. The number of sulfonamides is 1. The highest BCUT2D eigenvalue weighted by Crippen LogP contribution is 2.34. The van der Waals surface area contributed by atoms with E-state index in [2.05, 4.69) is 23.7 Å². The molecule has 1 N–H and O–H groups in total. The first-order chi connectivity index (χ1) is 17.1. The molecule has 190 valence electrons. The SMILES string of the molecule is COc1ccc(CNS(=O)(=O)c2ccc(ON=C3CCC(C)(C)CC3)cc2)c(-c2ccc(F)cc2)c1. The fraction of sp³-hybridized carbons (Fsp3) is 0.321. The fourth-order valence-corrected chi connectivity index (χ4v) is 5.10. The highest BCUT2D eigenvalue weighted by molar-refractivity contribution is 7.89. The van der Waals surface area contributed by atoms with Crippen LogP contribution in [-0.4, -0.2) is 21.2 Å². The Bertz CT molecular complexity index is 1320. The zero-order valence-corrected chi connectivity index (χ0v) is 21.6. The lowest BCUT2D eigenvalue weighted by atomic mass is 9.77. The predicted octanol–water partition coefficient (Wildman–Crippen LogP) is 6.31. The van der Waals surface area contributed by atoms with Crippen molar-refractivity contribution < 1.29 is 22.4 Å². The van der Waals surface area contributed by atoms with E-state index in [0.29, 0.717) is 16.9 Å². The van der Waals surface area contributed by atoms with Crippen LogP contribution in [0.4, 0.5) is 4.39 Å². The third kappa shape index (κ3) is 6.50. The number of benzene rings is 3. The minimum atomic E-state index is -3.78. The van der Waals surface area contributed by atoms with Gasteiger partial charge in [0.2, 0.25) is 10.0 Å². The molecule has 1 saturated carbocycles. The second kappa shape index (κ2) is 10.8. The van der Waals surface area contributed by atoms with Crippen molar-refractivity contribution in [1.82, 2.24) is 4.72 Å². The van der Waals surface area contributed by atoms with Gasteiger partial charge in [-0.2, -0.15) is 0 Å². The van der Waals surface area contributed by atoms with Crippen LogP contribution in [0.2, 0.25) is 0 Å². The van der Waals surface area contributed by atoms with Crippen LogP contribution in [0, 0.1) is 11.2 Å². The van der Waals surface area contributed by atoms with Gasteiger partial charge in [0.25, 0.3) is 0 Å². The number of hydrogen-bond acceptors (Lipinski definition) is 5. The summed E-state index contributed by atoms with van der Waals surface area (Å²) in [6, 6.07) is 17.6. The minimum absolute atomic E-state index is 0.0568. The molecule has 0 unspecified atom stereocenters. The quantitative estimate of drug-likeness (QED) is 0.360. The minimum Gasteiger partial charge on any atom is -0.497 e. The van der Waals surface area contributed by atoms with Crippen LogP contribution in [0.3, 0.4) is 0 Å². The molecule has 0 atom stereocenters. The van der Waals surface area contributed by atoms with Crippen LogP contribution in [0.5, 0.6) is 11.5 Å². The first-order valence-electron chi connectivity index (χ1n) is 11.9. The first-order valence-corrected chi connectivity index (χ1v) is 13.4. The molecule has 1 fully saturated rings. The maximum absolute atomic E-state index is 13.4. The molecule has 0 aromatic heterocycles. The first kappa shape index (κ1) is 25.9. The number of rotatable bonds is 8. The van der Waals surface area contributed by atoms with Gasteiger partial charge in [0, 0.05) is 6.54 Å². The van der Waals surface area contributed by atoms with Crippen molar-refractivity contribution in [3.8, 4) is 22.6 Å². The van der Waals surface area contributed by atoms with E-state index in [4.69, 9.17) is 9.57 Å². The summed E-state index contributed by atoms with van der Waals surface area (Å²) in [6.45, 7) is 4.58. The van der Waals surface area contributed by atoms with Crippen LogP contribution in [0.1, 0.15) is 45.1 Å². The zero-order valence-electron chi connectivity index (χ0n) is 20.8. The lowest BCUT2D eigenvalue weighted by Gasteiger charge is -2.29. The summed E-state index contributed by atoms with van der Waals surface area (Å²) >= 11 is 0. The molecule has 8 heteroatoms. The molecule has 0 heterocycles. The monoisotopic (exact) mass is 510 g/mol. The molecule has 4 rings (SSSR count). The molecule has 0 radical (unpaired) electrons. The van der Waals surface area contributed by atoms with Crippen molar-refractivity contribution in [2.75, 3.05) is 7.11 Å². The number of halogens is 1. The number of nitrogens with one attached hydrogen (secondary N) is 1. The van der Waals surface area contributed by atoms with E-state index in [1.54, 1.807) is 49.6 Å². The molecule has 3 aromatic rings. The van der Waals surface area contributed by atoms with E-state index in [1.807, 2.05) is 0 Å². The lowest BCUT2D eigenvalue weighted by Crippen LogP contribution is -2.23. The van der Waals surface area contributed by atoms with Crippen LogP contribution in [-0.2, 0) is 16.6 Å². The van der Waals surface area contributed by atoms with Crippen LogP contribution >= 0.6 is 0 Å². The summed E-state index contributed by atoms with van der Waals surface area (Å²) in [5, 5.41) is 4.26. The van der Waals surface area contributed by atoms with E-state index in [0.717, 1.165) is 48.1 Å². The average Bonchev–Trinajstić information content (AvgIpc) is 2.87. The Morgan fingerprint density at radius 1 is 0.944 bits per heavy atom. The summed E-state index contributed by atoms with van der Waals surface area (Å²) in [5.41, 5.74) is 3.62. The van der Waals surface area contributed by atoms with Gasteiger partial charge in [-0.05, 0) is 96.3 Å². The molecular weight excluding hydrogens is 479 g/mol. The standard InChI is InChI=1S/C28H31FN2O4S/c1-28(2)16-14-23(15-17-28)31-35-24-10-12-26(13-11-24)36(32,33)30-19-21-6-9-25(34-3)18-27(21)20-4-7-22(29)8-5-20/h4-13,18,30H,14-17,19H2,1-3H3. The van der Waals surface area contributed by atoms with Crippen molar-refractivity contribution in [3.63, 3.8) is 0 Å². The molecule has 0 saturated heterocycles. The number of nitrogens with zero attached hydrogens (tertiary/aromatic N) is 1. The van der Waals surface area contributed by atoms with Crippen LogP contribution < -0.4 is 14.3 Å². The molecule has 0 amide bonds. The smallest absolute Gasteiger partial charge is 0.240 e. The van der Waals surface area contributed by atoms with E-state index in [1.165, 1.54) is 24.3 Å². The third-order valence-electron chi connectivity index (χ3n) is 6.52. The Hall–Kier alpha value is -3.23. The molecular formula is C28H31FN2O4S. The molecule has 3 aromatic carbocycles. The molecule has 0 spiro atoms. The van der Waals surface area contributed by atoms with Gasteiger partial charge in [0.15, 0.2) is 5.75 Å². The van der Waals surface area contributed by atoms with Crippen LogP contribution in [0.15, 0.2) is 76.8 Å². The van der Waals surface area contributed by atoms with E-state index < -0.39 is 10.0 Å². The Kier molecular flexibility index (Phi) is 7.76. The summed E-state index contributed by atoms with van der Waals surface area (Å²) in [7, 11) is -2.22. The summed E-state index contributed by atoms with van der Waals surface area (Å²) in [4.78, 5) is 5.66. The van der Waals surface area contributed by atoms with Crippen molar-refractivity contribution in [2.45, 2.75) is 51.0 Å². The van der Waals surface area contributed by atoms with Crippen molar-refractivity contribution in [1.29, 1.82) is 0 Å². The van der Waals surface area contributed by atoms with Gasteiger partial charge in [-0.3, -0.25) is 0 Å². The van der Waals surface area contributed by atoms with Gasteiger partial charge >= 0.3 is 0 Å². The Balaban J connectivity index is 1.44. The topological polar surface area (TPSA) is 77.0 Å². The number of ether oxygens (including phenoxy) is 1. The highest BCUT2D eigenvalue weighted by Gasteiger charge is 2.24. The molecule has 6 nitrogen and oxygen atoms in total. The molecule has 0 bridgehead atoms. The summed E-state index contributed by atoms with van der Waals surface area (Å²) in [5.74, 6) is 0.766. The summed E-state index contributed by atoms with van der Waals surface area (Å²) < 4.78 is 47.3. The number of hydrogen-bond donors (Lipinski definition) is 1. The third-order valence-corrected chi connectivity index (χ3v) is 7.94.